The Balaban J connectivity index is 2.51. The number of carbonyl (C=O) groups is 2. The van der Waals surface area contributed by atoms with Crippen molar-refractivity contribution < 1.29 is 14.3 Å². The minimum atomic E-state index is -0.308. The minimum Gasteiger partial charge on any atom is -0.466 e. The molecule has 5 heteroatoms. The van der Waals surface area contributed by atoms with Gasteiger partial charge in [-0.1, -0.05) is 12.8 Å². The van der Waals surface area contributed by atoms with Crippen molar-refractivity contribution in [2.75, 3.05) is 6.61 Å². The highest BCUT2D eigenvalue weighted by molar-refractivity contribution is 5.73. The van der Waals surface area contributed by atoms with E-state index in [4.69, 9.17) is 4.74 Å². The number of hydrogen-bond acceptors (Lipinski definition) is 4. The number of rotatable bonds is 5. The summed E-state index contributed by atoms with van der Waals surface area (Å²) in [5.41, 5.74) is 5.25. The third-order valence-corrected chi connectivity index (χ3v) is 2.85. The van der Waals surface area contributed by atoms with Crippen molar-refractivity contribution in [3.8, 4) is 0 Å². The van der Waals surface area contributed by atoms with Crippen LogP contribution in [0.15, 0.2) is 0 Å². The molecule has 0 radical (unpaired) electrons. The van der Waals surface area contributed by atoms with Crippen LogP contribution >= 0.6 is 0 Å². The van der Waals surface area contributed by atoms with Crippen LogP contribution in [0.3, 0.4) is 0 Å². The number of amides is 1. The summed E-state index contributed by atoms with van der Waals surface area (Å²) in [5.74, 6) is -0.350. The van der Waals surface area contributed by atoms with E-state index in [0.29, 0.717) is 13.0 Å². The van der Waals surface area contributed by atoms with Crippen LogP contribution < -0.4 is 10.9 Å². The molecule has 0 heterocycles. The number of ether oxygens (including phenoxy) is 1. The maximum Gasteiger partial charge on any atom is 0.307 e. The van der Waals surface area contributed by atoms with Crippen molar-refractivity contribution in [2.24, 2.45) is 0 Å². The summed E-state index contributed by atoms with van der Waals surface area (Å²) in [6, 6.07) is 0. The Morgan fingerprint density at radius 1 is 1.31 bits per heavy atom. The van der Waals surface area contributed by atoms with Crippen molar-refractivity contribution in [1.82, 2.24) is 10.9 Å². The number of nitrogens with one attached hydrogen (secondary N) is 2. The van der Waals surface area contributed by atoms with E-state index < -0.39 is 0 Å². The van der Waals surface area contributed by atoms with Crippen LogP contribution in [-0.4, -0.2) is 24.0 Å². The van der Waals surface area contributed by atoms with Crippen LogP contribution in [0.2, 0.25) is 0 Å². The Hall–Kier alpha value is -1.10. The van der Waals surface area contributed by atoms with E-state index in [-0.39, 0.29) is 17.4 Å². The summed E-state index contributed by atoms with van der Waals surface area (Å²) in [6.07, 6.45) is 4.26. The quantitative estimate of drug-likeness (QED) is 0.542. The fraction of sp³-hybridized carbons (Fsp3) is 0.818. The van der Waals surface area contributed by atoms with Crippen LogP contribution in [0.5, 0.6) is 0 Å². The summed E-state index contributed by atoms with van der Waals surface area (Å²) >= 11 is 0. The topological polar surface area (TPSA) is 67.4 Å². The molecule has 0 unspecified atom stereocenters. The Morgan fingerprint density at radius 3 is 2.44 bits per heavy atom. The standard InChI is InChI=1S/C11H20N2O3/c1-3-16-10(15)8-11(6-4-5-7-11)13-12-9(2)14/h13H,3-8H2,1-2H3,(H,12,14). The van der Waals surface area contributed by atoms with Crippen molar-refractivity contribution in [3.63, 3.8) is 0 Å². The lowest BCUT2D eigenvalue weighted by Crippen LogP contribution is -2.53. The summed E-state index contributed by atoms with van der Waals surface area (Å²) in [6.45, 7) is 3.63. The Bertz CT molecular complexity index is 260. The lowest BCUT2D eigenvalue weighted by atomic mass is 9.94. The van der Waals surface area contributed by atoms with Crippen molar-refractivity contribution in [1.29, 1.82) is 0 Å². The largest absolute Gasteiger partial charge is 0.466 e. The molecule has 0 aromatic carbocycles. The molecule has 1 rings (SSSR count). The predicted molar refractivity (Wildman–Crippen MR) is 59.4 cm³/mol. The molecular weight excluding hydrogens is 208 g/mol. The van der Waals surface area contributed by atoms with Gasteiger partial charge in [-0.2, -0.15) is 0 Å². The Kier molecular flexibility index (Phi) is 4.73. The van der Waals surface area contributed by atoms with Crippen molar-refractivity contribution in [2.45, 2.75) is 51.5 Å². The highest BCUT2D eigenvalue weighted by Crippen LogP contribution is 2.32. The van der Waals surface area contributed by atoms with Gasteiger partial charge in [-0.05, 0) is 19.8 Å². The molecule has 92 valence electrons. The molecule has 1 fully saturated rings. The maximum absolute atomic E-state index is 11.5. The molecule has 0 aromatic heterocycles. The highest BCUT2D eigenvalue weighted by atomic mass is 16.5. The molecule has 2 N–H and O–H groups in total. The van der Waals surface area contributed by atoms with E-state index in [1.54, 1.807) is 6.92 Å². The number of hydrogen-bond donors (Lipinski definition) is 2. The van der Waals surface area contributed by atoms with Gasteiger partial charge in [0.1, 0.15) is 0 Å². The van der Waals surface area contributed by atoms with Gasteiger partial charge in [-0.3, -0.25) is 15.0 Å². The normalized spacial score (nSPS) is 18.1. The van der Waals surface area contributed by atoms with Gasteiger partial charge in [-0.15, -0.1) is 0 Å². The first-order valence-corrected chi connectivity index (χ1v) is 5.77. The smallest absolute Gasteiger partial charge is 0.307 e. The zero-order chi connectivity index (χ0) is 12.0. The molecule has 1 aliphatic carbocycles. The maximum atomic E-state index is 11.5. The minimum absolute atomic E-state index is 0.143. The third-order valence-electron chi connectivity index (χ3n) is 2.85. The second-order valence-electron chi connectivity index (χ2n) is 4.28. The first kappa shape index (κ1) is 13.0. The molecule has 0 atom stereocenters. The van der Waals surface area contributed by atoms with Crippen LogP contribution in [0.1, 0.15) is 46.0 Å². The van der Waals surface area contributed by atoms with E-state index in [0.717, 1.165) is 25.7 Å². The van der Waals surface area contributed by atoms with Gasteiger partial charge < -0.3 is 4.74 Å². The molecule has 0 saturated heterocycles. The van der Waals surface area contributed by atoms with E-state index in [2.05, 4.69) is 10.9 Å². The van der Waals surface area contributed by atoms with Gasteiger partial charge in [0.2, 0.25) is 5.91 Å². The lowest BCUT2D eigenvalue weighted by Gasteiger charge is -2.29. The number of hydrazine groups is 1. The molecule has 1 saturated carbocycles. The zero-order valence-electron chi connectivity index (χ0n) is 9.97. The Labute approximate surface area is 95.9 Å². The van der Waals surface area contributed by atoms with E-state index >= 15 is 0 Å². The monoisotopic (exact) mass is 228 g/mol. The second-order valence-corrected chi connectivity index (χ2v) is 4.28. The van der Waals surface area contributed by atoms with E-state index in [1.165, 1.54) is 6.92 Å². The fourth-order valence-corrected chi connectivity index (χ4v) is 2.11. The molecule has 5 nitrogen and oxygen atoms in total. The first-order valence-electron chi connectivity index (χ1n) is 5.77. The SMILES string of the molecule is CCOC(=O)CC1(NNC(C)=O)CCCC1. The van der Waals surface area contributed by atoms with Crippen LogP contribution in [0.25, 0.3) is 0 Å². The molecule has 1 aliphatic rings. The number of carbonyl (C=O) groups excluding carboxylic acids is 2. The second kappa shape index (κ2) is 5.84. The summed E-state index contributed by atoms with van der Waals surface area (Å²) < 4.78 is 4.94. The van der Waals surface area contributed by atoms with Gasteiger partial charge in [0.15, 0.2) is 0 Å². The van der Waals surface area contributed by atoms with Gasteiger partial charge in [0, 0.05) is 12.5 Å². The van der Waals surface area contributed by atoms with Gasteiger partial charge in [0.25, 0.3) is 0 Å². The molecule has 1 amide bonds. The van der Waals surface area contributed by atoms with Crippen molar-refractivity contribution in [3.05, 3.63) is 0 Å². The van der Waals surface area contributed by atoms with Gasteiger partial charge in [0.05, 0.1) is 13.0 Å². The van der Waals surface area contributed by atoms with Crippen LogP contribution in [-0.2, 0) is 14.3 Å². The molecule has 0 aliphatic heterocycles. The first-order chi connectivity index (χ1) is 7.58. The molecular formula is C11H20N2O3. The molecule has 0 bridgehead atoms. The summed E-state index contributed by atoms with van der Waals surface area (Å²) in [4.78, 5) is 22.3. The van der Waals surface area contributed by atoms with E-state index in [9.17, 15) is 9.59 Å². The molecule has 0 aromatic rings. The van der Waals surface area contributed by atoms with Crippen LogP contribution in [0, 0.1) is 0 Å². The average molecular weight is 228 g/mol. The zero-order valence-corrected chi connectivity index (χ0v) is 9.97. The van der Waals surface area contributed by atoms with Crippen LogP contribution in [0.4, 0.5) is 0 Å². The summed E-state index contributed by atoms with van der Waals surface area (Å²) in [7, 11) is 0. The van der Waals surface area contributed by atoms with E-state index in [1.807, 2.05) is 0 Å². The lowest BCUT2D eigenvalue weighted by molar-refractivity contribution is -0.145. The molecule has 16 heavy (non-hydrogen) atoms. The van der Waals surface area contributed by atoms with Gasteiger partial charge in [-0.25, -0.2) is 5.43 Å². The number of esters is 1. The molecule has 0 spiro atoms. The predicted octanol–water partition coefficient (Wildman–Crippen LogP) is 0.893. The Morgan fingerprint density at radius 2 is 1.94 bits per heavy atom. The average Bonchev–Trinajstić information content (AvgIpc) is 2.64. The van der Waals surface area contributed by atoms with Crippen molar-refractivity contribution >= 4 is 11.9 Å². The third kappa shape index (κ3) is 3.81. The summed E-state index contributed by atoms with van der Waals surface area (Å²) in [5, 5.41) is 0. The van der Waals surface area contributed by atoms with Gasteiger partial charge >= 0.3 is 5.97 Å². The highest BCUT2D eigenvalue weighted by Gasteiger charge is 2.36. The fourth-order valence-electron chi connectivity index (χ4n) is 2.11.